The zero-order chi connectivity index (χ0) is 31.0. The maximum Gasteiger partial charge on any atom is 0.123 e. The van der Waals surface area contributed by atoms with Crippen LogP contribution in [0.25, 0.3) is 0 Å². The van der Waals surface area contributed by atoms with E-state index in [0.717, 1.165) is 12.8 Å². The van der Waals surface area contributed by atoms with Crippen molar-refractivity contribution in [3.8, 4) is 0 Å². The van der Waals surface area contributed by atoms with Crippen LogP contribution >= 0.6 is 0 Å². The van der Waals surface area contributed by atoms with E-state index in [-0.39, 0.29) is 5.71 Å². The van der Waals surface area contributed by atoms with Crippen molar-refractivity contribution in [2.45, 2.75) is 167 Å². The summed E-state index contributed by atoms with van der Waals surface area (Å²) in [6.07, 6.45) is 26.3. The first kappa shape index (κ1) is 37.0. The number of oxime groups is 1. The molecule has 43 heavy (non-hydrogen) atoms. The molecule has 0 aliphatic rings. The Bertz CT molecular complexity index is 878. The molecule has 0 bridgehead atoms. The lowest BCUT2D eigenvalue weighted by Gasteiger charge is -2.19. The van der Waals surface area contributed by atoms with Crippen molar-refractivity contribution in [1.82, 2.24) is 0 Å². The summed E-state index contributed by atoms with van der Waals surface area (Å²) in [4.78, 5) is 0. The van der Waals surface area contributed by atoms with E-state index in [4.69, 9.17) is 0 Å². The van der Waals surface area contributed by atoms with Gasteiger partial charge in [-0.2, -0.15) is 0 Å². The topological polar surface area (TPSA) is 73.1 Å². The summed E-state index contributed by atoms with van der Waals surface area (Å²) in [5, 5.41) is 34.9. The quantitative estimate of drug-likeness (QED) is 0.0439. The number of aryl methyl sites for hydroxylation is 2. The molecule has 0 heterocycles. The fraction of sp³-hybridized carbons (Fsp3) is 0.667. The lowest BCUT2D eigenvalue weighted by Crippen LogP contribution is -2.21. The second-order valence-corrected chi connectivity index (χ2v) is 12.7. The van der Waals surface area contributed by atoms with E-state index < -0.39 is 12.2 Å². The third kappa shape index (κ3) is 15.9. The number of nitrogens with zero attached hydrogens (tertiary/aromatic N) is 1. The normalized spacial score (nSPS) is 12.7. The minimum Gasteiger partial charge on any atom is -0.411 e. The van der Waals surface area contributed by atoms with Crippen LogP contribution in [-0.4, -0.2) is 21.1 Å². The van der Waals surface area contributed by atoms with E-state index in [1.165, 1.54) is 140 Å². The van der Waals surface area contributed by atoms with Crippen molar-refractivity contribution in [3.05, 3.63) is 70.8 Å². The van der Waals surface area contributed by atoms with Gasteiger partial charge in [-0.15, -0.1) is 0 Å². The Kier molecular flexibility index (Phi) is 20.8. The van der Waals surface area contributed by atoms with Gasteiger partial charge < -0.3 is 15.4 Å². The summed E-state index contributed by atoms with van der Waals surface area (Å²) in [6, 6.07) is 15.7. The summed E-state index contributed by atoms with van der Waals surface area (Å²) in [6.45, 7) is 4.53. The van der Waals surface area contributed by atoms with E-state index in [2.05, 4.69) is 19.0 Å². The zero-order valence-corrected chi connectivity index (χ0v) is 27.6. The van der Waals surface area contributed by atoms with Crippen LogP contribution in [0, 0.1) is 0 Å². The molecule has 2 aromatic carbocycles. The summed E-state index contributed by atoms with van der Waals surface area (Å²) in [5.74, 6) is 0. The molecule has 0 radical (unpaired) electrons. The van der Waals surface area contributed by atoms with E-state index in [1.807, 2.05) is 48.5 Å². The van der Waals surface area contributed by atoms with Crippen molar-refractivity contribution >= 4 is 5.71 Å². The molecule has 0 spiro atoms. The van der Waals surface area contributed by atoms with Crippen LogP contribution in [0.1, 0.15) is 177 Å². The Morgan fingerprint density at radius 2 is 0.744 bits per heavy atom. The molecule has 242 valence electrons. The molecule has 0 aliphatic heterocycles. The third-order valence-corrected chi connectivity index (χ3v) is 8.90. The molecule has 0 aromatic heterocycles. The number of unbranched alkanes of at least 4 members (excludes halogenated alkanes) is 18. The molecule has 0 saturated carbocycles. The molecule has 0 saturated heterocycles. The minimum absolute atomic E-state index is 0.0510. The van der Waals surface area contributed by atoms with Gasteiger partial charge in [0.25, 0.3) is 0 Å². The maximum atomic E-state index is 10.9. The van der Waals surface area contributed by atoms with Crippen LogP contribution in [0.5, 0.6) is 0 Å². The Labute approximate surface area is 264 Å². The zero-order valence-electron chi connectivity index (χ0n) is 27.6. The monoisotopic (exact) mass is 593 g/mol. The van der Waals surface area contributed by atoms with Gasteiger partial charge in [0.1, 0.15) is 17.9 Å². The average Bonchev–Trinajstić information content (AvgIpc) is 3.03. The molecule has 2 aromatic rings. The third-order valence-electron chi connectivity index (χ3n) is 8.90. The average molecular weight is 594 g/mol. The van der Waals surface area contributed by atoms with Crippen LogP contribution in [0.3, 0.4) is 0 Å². The highest BCUT2D eigenvalue weighted by molar-refractivity contribution is 5.93. The molecule has 0 aliphatic carbocycles. The predicted octanol–water partition coefficient (Wildman–Crippen LogP) is 11.2. The van der Waals surface area contributed by atoms with Crippen LogP contribution in [0.15, 0.2) is 53.7 Å². The fourth-order valence-electron chi connectivity index (χ4n) is 5.97. The molecule has 2 atom stereocenters. The number of rotatable bonds is 26. The smallest absolute Gasteiger partial charge is 0.123 e. The second kappa shape index (κ2) is 24.2. The molecule has 4 heteroatoms. The summed E-state index contributed by atoms with van der Waals surface area (Å²) in [7, 11) is 0. The van der Waals surface area contributed by atoms with Crippen LogP contribution in [-0.2, 0) is 12.8 Å². The highest BCUT2D eigenvalue weighted by Crippen LogP contribution is 2.26. The van der Waals surface area contributed by atoms with Gasteiger partial charge in [-0.05, 0) is 47.9 Å². The van der Waals surface area contributed by atoms with Gasteiger partial charge in [-0.25, -0.2) is 0 Å². The molecular formula is C39H63NO3. The first-order chi connectivity index (χ1) is 21.1. The van der Waals surface area contributed by atoms with Gasteiger partial charge in [0, 0.05) is 0 Å². The number of hydrogen-bond donors (Lipinski definition) is 3. The Morgan fingerprint density at radius 1 is 0.465 bits per heavy atom. The summed E-state index contributed by atoms with van der Waals surface area (Å²) >= 11 is 0. The minimum atomic E-state index is -1.17. The van der Waals surface area contributed by atoms with Crippen LogP contribution in [0.2, 0.25) is 0 Å². The first-order valence-electron chi connectivity index (χ1n) is 17.9. The van der Waals surface area contributed by atoms with E-state index >= 15 is 0 Å². The summed E-state index contributed by atoms with van der Waals surface area (Å²) < 4.78 is 0. The summed E-state index contributed by atoms with van der Waals surface area (Å²) in [5.41, 5.74) is 3.69. The first-order valence-corrected chi connectivity index (χ1v) is 17.9. The van der Waals surface area contributed by atoms with Crippen molar-refractivity contribution < 1.29 is 15.4 Å². The highest BCUT2D eigenvalue weighted by atomic mass is 16.4. The fourth-order valence-corrected chi connectivity index (χ4v) is 5.97. The number of aliphatic hydroxyl groups excluding tert-OH is 2. The molecule has 2 unspecified atom stereocenters. The highest BCUT2D eigenvalue weighted by Gasteiger charge is 2.25. The standard InChI is InChI=1S/C39H63NO3/c1-3-5-7-9-11-13-15-17-19-21-23-33-25-29-35(30-26-33)38(41)37(40-43)39(42)36-31-27-34(28-32-36)24-22-20-18-16-14-12-10-8-6-4-2/h25-32,38-39,41-43H,3-24H2,1-2H3. The molecule has 4 nitrogen and oxygen atoms in total. The van der Waals surface area contributed by atoms with Crippen molar-refractivity contribution in [2.24, 2.45) is 5.16 Å². The number of aliphatic hydroxyl groups is 2. The van der Waals surface area contributed by atoms with E-state index in [9.17, 15) is 15.4 Å². The second-order valence-electron chi connectivity index (χ2n) is 12.7. The van der Waals surface area contributed by atoms with Gasteiger partial charge in [-0.3, -0.25) is 0 Å². The lowest BCUT2D eigenvalue weighted by atomic mass is 9.94. The van der Waals surface area contributed by atoms with Crippen LogP contribution in [0.4, 0.5) is 0 Å². The van der Waals surface area contributed by atoms with Crippen molar-refractivity contribution in [3.63, 3.8) is 0 Å². The van der Waals surface area contributed by atoms with Crippen molar-refractivity contribution in [2.75, 3.05) is 0 Å². The van der Waals surface area contributed by atoms with E-state index in [1.54, 1.807) is 0 Å². The number of hydrogen-bond acceptors (Lipinski definition) is 4. The van der Waals surface area contributed by atoms with Gasteiger partial charge >= 0.3 is 0 Å². The van der Waals surface area contributed by atoms with Gasteiger partial charge in [0.05, 0.1) is 0 Å². The Balaban J connectivity index is 1.69. The lowest BCUT2D eigenvalue weighted by molar-refractivity contribution is 0.184. The SMILES string of the molecule is CCCCCCCCCCCCc1ccc(C(O)C(=NO)C(O)c2ccc(CCCCCCCCCCCC)cc2)cc1. The van der Waals surface area contributed by atoms with E-state index in [0.29, 0.717) is 11.1 Å². The Hall–Kier alpha value is -2.17. The van der Waals surface area contributed by atoms with Crippen LogP contribution < -0.4 is 0 Å². The predicted molar refractivity (Wildman–Crippen MR) is 183 cm³/mol. The number of benzene rings is 2. The Morgan fingerprint density at radius 3 is 1.02 bits per heavy atom. The molecule has 2 rings (SSSR count). The van der Waals surface area contributed by atoms with Crippen molar-refractivity contribution in [1.29, 1.82) is 0 Å². The molecule has 3 N–H and O–H groups in total. The molecule has 0 amide bonds. The largest absolute Gasteiger partial charge is 0.411 e. The molecule has 0 fully saturated rings. The van der Waals surface area contributed by atoms with Gasteiger partial charge in [0.15, 0.2) is 0 Å². The molecular weight excluding hydrogens is 530 g/mol. The van der Waals surface area contributed by atoms with Gasteiger partial charge in [-0.1, -0.05) is 183 Å². The maximum absolute atomic E-state index is 10.9. The van der Waals surface area contributed by atoms with Gasteiger partial charge in [0.2, 0.25) is 0 Å².